The molecule has 3 aromatic rings. The van der Waals surface area contributed by atoms with E-state index >= 15 is 0 Å². The fourth-order valence-corrected chi connectivity index (χ4v) is 2.87. The van der Waals surface area contributed by atoms with Gasteiger partial charge in [0.2, 0.25) is 0 Å². The van der Waals surface area contributed by atoms with Crippen molar-refractivity contribution in [3.05, 3.63) is 95.6 Å². The topological polar surface area (TPSA) is 51.2 Å². The number of ether oxygens (including phenoxy) is 1. The van der Waals surface area contributed by atoms with Crippen molar-refractivity contribution >= 4 is 5.91 Å². The predicted molar refractivity (Wildman–Crippen MR) is 102 cm³/mol. The second-order valence-electron chi connectivity index (χ2n) is 6.39. The van der Waals surface area contributed by atoms with Crippen molar-refractivity contribution in [2.24, 2.45) is 0 Å². The molecule has 2 heterocycles. The highest BCUT2D eigenvalue weighted by Gasteiger charge is 2.33. The average molecular weight is 418 g/mol. The van der Waals surface area contributed by atoms with Gasteiger partial charge < -0.3 is 10.1 Å². The van der Waals surface area contributed by atoms with E-state index in [1.165, 1.54) is 6.07 Å². The normalized spacial score (nSPS) is 15.1. The first kappa shape index (κ1) is 21.3. The van der Waals surface area contributed by atoms with Crippen molar-refractivity contribution in [2.45, 2.75) is 18.6 Å². The lowest BCUT2D eigenvalue weighted by Gasteiger charge is -2.25. The van der Waals surface area contributed by atoms with Crippen molar-refractivity contribution < 1.29 is 27.1 Å². The van der Waals surface area contributed by atoms with Crippen LogP contribution in [-0.2, 0) is 6.18 Å². The van der Waals surface area contributed by atoms with Crippen molar-refractivity contribution in [3.8, 4) is 5.75 Å². The van der Waals surface area contributed by atoms with Gasteiger partial charge >= 0.3 is 6.18 Å². The van der Waals surface area contributed by atoms with Crippen LogP contribution in [0.3, 0.4) is 0 Å². The number of nitrogens with zero attached hydrogens (tertiary/aromatic N) is 1. The van der Waals surface area contributed by atoms with Gasteiger partial charge in [-0.05, 0) is 36.4 Å². The zero-order valence-corrected chi connectivity index (χ0v) is 15.7. The lowest BCUT2D eigenvalue weighted by Crippen LogP contribution is -2.32. The van der Waals surface area contributed by atoms with Gasteiger partial charge in [0, 0.05) is 18.2 Å². The second-order valence-corrected chi connectivity index (χ2v) is 6.39. The minimum absolute atomic E-state index is 0.0795. The van der Waals surface area contributed by atoms with Crippen LogP contribution in [0.5, 0.6) is 5.75 Å². The van der Waals surface area contributed by atoms with Crippen molar-refractivity contribution in [1.82, 2.24) is 10.3 Å². The highest BCUT2D eigenvalue weighted by atomic mass is 19.4. The number of carbonyl (C=O) groups is 1. The largest absolute Gasteiger partial charge is 0.491 e. The number of amides is 1. The van der Waals surface area contributed by atoms with Gasteiger partial charge in [-0.25, -0.2) is 4.39 Å². The Kier molecular flexibility index (Phi) is 6.66. The van der Waals surface area contributed by atoms with E-state index in [1.54, 1.807) is 18.3 Å². The highest BCUT2D eigenvalue weighted by Crippen LogP contribution is 2.31. The fraction of sp³-hybridized carbons (Fsp3) is 0.182. The molecule has 1 aliphatic rings. The quantitative estimate of drug-likeness (QED) is 0.584. The highest BCUT2D eigenvalue weighted by molar-refractivity contribution is 5.94. The molecule has 1 unspecified atom stereocenters. The molecule has 0 fully saturated rings. The third-order valence-corrected chi connectivity index (χ3v) is 4.31. The van der Waals surface area contributed by atoms with Crippen LogP contribution in [0.25, 0.3) is 0 Å². The van der Waals surface area contributed by atoms with E-state index in [1.807, 2.05) is 30.3 Å². The Hall–Kier alpha value is -3.42. The summed E-state index contributed by atoms with van der Waals surface area (Å²) in [6.07, 6.45) is -2.14. The van der Waals surface area contributed by atoms with Crippen LogP contribution in [0, 0.1) is 5.82 Å². The number of rotatable bonds is 2. The third-order valence-electron chi connectivity index (χ3n) is 4.31. The van der Waals surface area contributed by atoms with E-state index in [0.717, 1.165) is 30.0 Å². The van der Waals surface area contributed by atoms with E-state index in [-0.39, 0.29) is 11.9 Å². The molecule has 156 valence electrons. The number of hydrogen-bond acceptors (Lipinski definition) is 3. The summed E-state index contributed by atoms with van der Waals surface area (Å²) in [7, 11) is 0. The summed E-state index contributed by atoms with van der Waals surface area (Å²) >= 11 is 0. The Morgan fingerprint density at radius 2 is 1.70 bits per heavy atom. The van der Waals surface area contributed by atoms with Crippen LogP contribution < -0.4 is 10.1 Å². The van der Waals surface area contributed by atoms with Gasteiger partial charge in [-0.3, -0.25) is 9.78 Å². The van der Waals surface area contributed by atoms with Crippen molar-refractivity contribution in [2.75, 3.05) is 6.61 Å². The number of fused-ring (bicyclic) bond motifs is 1. The number of nitrogens with one attached hydrogen (secondary N) is 1. The molecule has 4 rings (SSSR count). The monoisotopic (exact) mass is 418 g/mol. The summed E-state index contributed by atoms with van der Waals surface area (Å²) in [4.78, 5) is 16.5. The first-order chi connectivity index (χ1) is 14.4. The molecule has 0 saturated carbocycles. The van der Waals surface area contributed by atoms with Crippen LogP contribution in [0.4, 0.5) is 17.6 Å². The molecule has 0 spiro atoms. The summed E-state index contributed by atoms with van der Waals surface area (Å²) < 4.78 is 53.3. The molecule has 1 amide bonds. The third kappa shape index (κ3) is 5.34. The molecule has 0 aliphatic carbocycles. The summed E-state index contributed by atoms with van der Waals surface area (Å²) in [5.41, 5.74) is 0.240. The zero-order valence-electron chi connectivity index (χ0n) is 15.7. The van der Waals surface area contributed by atoms with E-state index in [9.17, 15) is 22.4 Å². The van der Waals surface area contributed by atoms with Crippen molar-refractivity contribution in [3.63, 3.8) is 0 Å². The standard InChI is InChI=1S/C15H14N2O2.C7H4F4/c18-15(11-5-2-1-3-6-11)17-12-8-10-19-13-7-4-9-16-14(12)13;8-6-4-2-1-3-5(6)7(9,10)11/h1-7,9,12H,8,10H2,(H,17,18);1-4H. The van der Waals surface area contributed by atoms with Gasteiger partial charge in [-0.2, -0.15) is 13.2 Å². The first-order valence-corrected chi connectivity index (χ1v) is 9.11. The summed E-state index contributed by atoms with van der Waals surface area (Å²) in [5, 5.41) is 3.01. The minimum Gasteiger partial charge on any atom is -0.491 e. The molecular weight excluding hydrogens is 400 g/mol. The Bertz CT molecular complexity index is 994. The van der Waals surface area contributed by atoms with E-state index in [2.05, 4.69) is 10.3 Å². The molecule has 2 aromatic carbocycles. The Morgan fingerprint density at radius 3 is 2.37 bits per heavy atom. The van der Waals surface area contributed by atoms with Crippen LogP contribution in [0.2, 0.25) is 0 Å². The maximum absolute atomic E-state index is 12.4. The molecule has 1 atom stereocenters. The first-order valence-electron chi connectivity index (χ1n) is 9.11. The summed E-state index contributed by atoms with van der Waals surface area (Å²) in [5.74, 6) is -0.559. The van der Waals surface area contributed by atoms with Gasteiger partial charge in [0.1, 0.15) is 17.3 Å². The average Bonchev–Trinajstić information content (AvgIpc) is 2.74. The Balaban J connectivity index is 0.000000199. The number of benzene rings is 2. The number of carbonyl (C=O) groups excluding carboxylic acids is 1. The maximum Gasteiger partial charge on any atom is 0.419 e. The van der Waals surface area contributed by atoms with Crippen molar-refractivity contribution in [1.29, 1.82) is 0 Å². The molecule has 0 bridgehead atoms. The molecule has 8 heteroatoms. The number of halogens is 4. The van der Waals surface area contributed by atoms with Crippen LogP contribution in [0.1, 0.15) is 34.1 Å². The van der Waals surface area contributed by atoms with Gasteiger partial charge in [0.15, 0.2) is 0 Å². The zero-order chi connectivity index (χ0) is 21.6. The lowest BCUT2D eigenvalue weighted by atomic mass is 10.1. The van der Waals surface area contributed by atoms with Gasteiger partial charge in [-0.1, -0.05) is 30.3 Å². The lowest BCUT2D eigenvalue weighted by molar-refractivity contribution is -0.140. The van der Waals surface area contributed by atoms with Crippen LogP contribution in [0.15, 0.2) is 72.9 Å². The second kappa shape index (κ2) is 9.39. The molecular formula is C22H18F4N2O2. The maximum atomic E-state index is 12.4. The SMILES string of the molecule is Fc1ccccc1C(F)(F)F.O=C(NC1CCOc2cccnc21)c1ccccc1. The molecule has 30 heavy (non-hydrogen) atoms. The molecule has 0 saturated heterocycles. The van der Waals surface area contributed by atoms with Gasteiger partial charge in [0.25, 0.3) is 5.91 Å². The molecule has 1 aromatic heterocycles. The van der Waals surface area contributed by atoms with Gasteiger partial charge in [-0.15, -0.1) is 0 Å². The molecule has 4 nitrogen and oxygen atoms in total. The molecule has 0 radical (unpaired) electrons. The Morgan fingerprint density at radius 1 is 1.00 bits per heavy atom. The smallest absolute Gasteiger partial charge is 0.419 e. The van der Waals surface area contributed by atoms with E-state index < -0.39 is 17.6 Å². The number of hydrogen-bond donors (Lipinski definition) is 1. The van der Waals surface area contributed by atoms with Gasteiger partial charge in [0.05, 0.1) is 18.2 Å². The number of alkyl halides is 3. The molecule has 1 aliphatic heterocycles. The fourth-order valence-electron chi connectivity index (χ4n) is 2.87. The number of aromatic nitrogens is 1. The van der Waals surface area contributed by atoms with E-state index in [4.69, 9.17) is 4.74 Å². The molecule has 1 N–H and O–H groups in total. The Labute approximate surface area is 170 Å². The minimum atomic E-state index is -4.59. The van der Waals surface area contributed by atoms with Crippen LogP contribution >= 0.6 is 0 Å². The van der Waals surface area contributed by atoms with E-state index in [0.29, 0.717) is 18.2 Å². The number of pyridine rings is 1. The summed E-state index contributed by atoms with van der Waals surface area (Å²) in [6, 6.07) is 16.7. The predicted octanol–water partition coefficient (Wildman–Crippen LogP) is 5.18. The van der Waals surface area contributed by atoms with Crippen LogP contribution in [-0.4, -0.2) is 17.5 Å². The summed E-state index contributed by atoms with van der Waals surface area (Å²) in [6.45, 7) is 0.596.